The molecule has 24 heavy (non-hydrogen) atoms. The van der Waals surface area contributed by atoms with Crippen molar-refractivity contribution in [2.75, 3.05) is 0 Å². The molecule has 0 amide bonds. The van der Waals surface area contributed by atoms with E-state index in [1.54, 1.807) is 12.1 Å². The smallest absolute Gasteiger partial charge is 0.250 e. The van der Waals surface area contributed by atoms with Crippen LogP contribution in [0.1, 0.15) is 22.0 Å². The van der Waals surface area contributed by atoms with Crippen LogP contribution in [0.15, 0.2) is 53.7 Å². The first kappa shape index (κ1) is 15.7. The maximum absolute atomic E-state index is 12.4. The molecule has 0 radical (unpaired) electrons. The van der Waals surface area contributed by atoms with Crippen molar-refractivity contribution >= 4 is 40.9 Å². The van der Waals surface area contributed by atoms with E-state index in [0.29, 0.717) is 27.4 Å². The molecule has 1 aliphatic heterocycles. The Morgan fingerprint density at radius 2 is 1.62 bits per heavy atom. The molecule has 0 aliphatic carbocycles. The molecule has 0 fully saturated rings. The minimum atomic E-state index is -0.0589. The Hall–Kier alpha value is -1.82. The van der Waals surface area contributed by atoms with Gasteiger partial charge >= 0.3 is 0 Å². The van der Waals surface area contributed by atoms with E-state index in [1.165, 1.54) is 16.4 Å². The number of hydrogen-bond donors (Lipinski definition) is 0. The third kappa shape index (κ3) is 2.95. The second-order valence-electron chi connectivity index (χ2n) is 5.39. The summed E-state index contributed by atoms with van der Waals surface area (Å²) in [6.45, 7) is 0. The lowest BCUT2D eigenvalue weighted by Gasteiger charge is -2.20. The first-order valence-electron chi connectivity index (χ1n) is 7.28. The van der Waals surface area contributed by atoms with Crippen molar-refractivity contribution in [3.8, 4) is 11.4 Å². The molecule has 2 heterocycles. The van der Waals surface area contributed by atoms with Gasteiger partial charge in [0, 0.05) is 27.3 Å². The molecule has 4 nitrogen and oxygen atoms in total. The van der Waals surface area contributed by atoms with Gasteiger partial charge in [0.1, 0.15) is 0 Å². The number of nitrogens with zero attached hydrogens (tertiary/aromatic N) is 3. The predicted molar refractivity (Wildman–Crippen MR) is 95.8 cm³/mol. The van der Waals surface area contributed by atoms with Crippen LogP contribution in [-0.4, -0.2) is 20.7 Å². The Bertz CT molecular complexity index is 907. The van der Waals surface area contributed by atoms with Crippen molar-refractivity contribution in [3.63, 3.8) is 0 Å². The number of carbonyl (C=O) groups is 1. The van der Waals surface area contributed by atoms with Gasteiger partial charge in [0.05, 0.1) is 0 Å². The van der Waals surface area contributed by atoms with Crippen molar-refractivity contribution < 1.29 is 4.79 Å². The summed E-state index contributed by atoms with van der Waals surface area (Å²) in [5.41, 5.74) is 1.89. The van der Waals surface area contributed by atoms with Crippen LogP contribution in [-0.2, 0) is 0 Å². The summed E-state index contributed by atoms with van der Waals surface area (Å²) in [4.78, 5) is 17.0. The first-order chi connectivity index (χ1) is 11.6. The van der Waals surface area contributed by atoms with Gasteiger partial charge in [-0.2, -0.15) is 4.68 Å². The van der Waals surface area contributed by atoms with Gasteiger partial charge in [0.25, 0.3) is 5.91 Å². The fourth-order valence-corrected chi connectivity index (χ4v) is 3.94. The maximum Gasteiger partial charge on any atom is 0.250 e. The van der Waals surface area contributed by atoms with Gasteiger partial charge in [-0.3, -0.25) is 4.79 Å². The highest BCUT2D eigenvalue weighted by Gasteiger charge is 2.30. The maximum atomic E-state index is 12.4. The minimum Gasteiger partial charge on any atom is -0.272 e. The standard InChI is InChI=1S/C17H11Cl2N3OS/c18-12-5-1-10(2-6-12)14-9-15(23)22-17(24-14)20-16(21-22)11-3-7-13(19)8-4-11/h1-8,14H,9H2/t14-/m1/s1. The van der Waals surface area contributed by atoms with E-state index in [4.69, 9.17) is 23.2 Å². The van der Waals surface area contributed by atoms with Crippen LogP contribution in [0.2, 0.25) is 10.0 Å². The zero-order valence-electron chi connectivity index (χ0n) is 12.3. The van der Waals surface area contributed by atoms with E-state index in [2.05, 4.69) is 10.1 Å². The van der Waals surface area contributed by atoms with E-state index in [-0.39, 0.29) is 11.2 Å². The molecule has 0 spiro atoms. The number of benzene rings is 2. The van der Waals surface area contributed by atoms with E-state index in [1.807, 2.05) is 36.4 Å². The summed E-state index contributed by atoms with van der Waals surface area (Å²) in [6.07, 6.45) is 0.378. The van der Waals surface area contributed by atoms with Gasteiger partial charge in [-0.25, -0.2) is 4.98 Å². The summed E-state index contributed by atoms with van der Waals surface area (Å²) in [7, 11) is 0. The average molecular weight is 376 g/mol. The molecule has 7 heteroatoms. The fraction of sp³-hybridized carbons (Fsp3) is 0.118. The molecular weight excluding hydrogens is 365 g/mol. The van der Waals surface area contributed by atoms with Crippen molar-refractivity contribution in [1.29, 1.82) is 0 Å². The highest BCUT2D eigenvalue weighted by Crippen LogP contribution is 2.41. The number of aromatic nitrogens is 3. The highest BCUT2D eigenvalue weighted by atomic mass is 35.5. The highest BCUT2D eigenvalue weighted by molar-refractivity contribution is 7.99. The molecular formula is C17H11Cl2N3OS. The third-order valence-corrected chi connectivity index (χ3v) is 5.47. The predicted octanol–water partition coefficient (Wildman–Crippen LogP) is 5.13. The van der Waals surface area contributed by atoms with Crippen LogP contribution in [0.25, 0.3) is 11.4 Å². The molecule has 1 aliphatic rings. The quantitative estimate of drug-likeness (QED) is 0.622. The Morgan fingerprint density at radius 3 is 2.29 bits per heavy atom. The number of carbonyl (C=O) groups excluding carboxylic acids is 1. The van der Waals surface area contributed by atoms with Crippen LogP contribution in [0.3, 0.4) is 0 Å². The van der Waals surface area contributed by atoms with Crippen LogP contribution < -0.4 is 0 Å². The lowest BCUT2D eigenvalue weighted by Crippen LogP contribution is -2.20. The molecule has 120 valence electrons. The minimum absolute atomic E-state index is 0.0181. The topological polar surface area (TPSA) is 47.8 Å². The second kappa shape index (κ2) is 6.24. The molecule has 0 unspecified atom stereocenters. The largest absolute Gasteiger partial charge is 0.272 e. The summed E-state index contributed by atoms with van der Waals surface area (Å²) in [5, 5.41) is 6.30. The van der Waals surface area contributed by atoms with Gasteiger partial charge in [0.2, 0.25) is 0 Å². The summed E-state index contributed by atoms with van der Waals surface area (Å²) >= 11 is 13.4. The van der Waals surface area contributed by atoms with E-state index >= 15 is 0 Å². The lowest BCUT2D eigenvalue weighted by molar-refractivity contribution is 0.0868. The molecule has 4 rings (SSSR count). The van der Waals surface area contributed by atoms with Crippen molar-refractivity contribution in [3.05, 3.63) is 64.1 Å². The number of fused-ring (bicyclic) bond motifs is 1. The summed E-state index contributed by atoms with van der Waals surface area (Å²) < 4.78 is 1.39. The number of thioether (sulfide) groups is 1. The molecule has 1 atom stereocenters. The monoisotopic (exact) mass is 375 g/mol. The van der Waals surface area contributed by atoms with Crippen LogP contribution >= 0.6 is 35.0 Å². The first-order valence-corrected chi connectivity index (χ1v) is 8.92. The Kier molecular flexibility index (Phi) is 4.08. The Balaban J connectivity index is 1.66. The number of halogens is 2. The van der Waals surface area contributed by atoms with Gasteiger partial charge in [-0.1, -0.05) is 47.1 Å². The van der Waals surface area contributed by atoms with Crippen LogP contribution in [0.4, 0.5) is 0 Å². The van der Waals surface area contributed by atoms with E-state index in [9.17, 15) is 4.79 Å². The third-order valence-electron chi connectivity index (χ3n) is 3.77. The summed E-state index contributed by atoms with van der Waals surface area (Å²) in [6, 6.07) is 14.8. The average Bonchev–Trinajstić information content (AvgIpc) is 3.01. The normalized spacial score (nSPS) is 16.9. The molecule has 3 aromatic rings. The number of rotatable bonds is 2. The van der Waals surface area contributed by atoms with Crippen molar-refractivity contribution in [1.82, 2.24) is 14.8 Å². The van der Waals surface area contributed by atoms with Gasteiger partial charge in [-0.15, -0.1) is 5.10 Å². The van der Waals surface area contributed by atoms with Crippen LogP contribution in [0.5, 0.6) is 0 Å². The van der Waals surface area contributed by atoms with E-state index in [0.717, 1.165) is 11.1 Å². The zero-order chi connectivity index (χ0) is 16.7. The summed E-state index contributed by atoms with van der Waals surface area (Å²) in [5.74, 6) is 0.468. The van der Waals surface area contributed by atoms with Gasteiger partial charge < -0.3 is 0 Å². The lowest BCUT2D eigenvalue weighted by atomic mass is 10.1. The van der Waals surface area contributed by atoms with Crippen LogP contribution in [0, 0.1) is 0 Å². The molecule has 0 N–H and O–H groups in total. The molecule has 0 saturated carbocycles. The molecule has 0 bridgehead atoms. The SMILES string of the molecule is O=C1C[C@H](c2ccc(Cl)cc2)Sc2nc(-c3ccc(Cl)cc3)nn21. The zero-order valence-corrected chi connectivity index (χ0v) is 14.6. The Morgan fingerprint density at radius 1 is 1.00 bits per heavy atom. The second-order valence-corrected chi connectivity index (χ2v) is 7.44. The molecule has 2 aromatic carbocycles. The fourth-order valence-electron chi connectivity index (χ4n) is 2.54. The van der Waals surface area contributed by atoms with Gasteiger partial charge in [0.15, 0.2) is 11.0 Å². The van der Waals surface area contributed by atoms with E-state index < -0.39 is 0 Å². The number of hydrogen-bond acceptors (Lipinski definition) is 4. The van der Waals surface area contributed by atoms with Gasteiger partial charge in [-0.05, 0) is 42.0 Å². The molecule has 1 aromatic heterocycles. The molecule has 0 saturated heterocycles. The van der Waals surface area contributed by atoms with Crippen molar-refractivity contribution in [2.45, 2.75) is 16.8 Å². The van der Waals surface area contributed by atoms with Crippen molar-refractivity contribution in [2.24, 2.45) is 0 Å². The Labute approximate surface area is 152 Å².